The predicted octanol–water partition coefficient (Wildman–Crippen LogP) is 1.37. The second kappa shape index (κ2) is 4.69. The van der Waals surface area contributed by atoms with Crippen molar-refractivity contribution < 1.29 is 13.7 Å². The summed E-state index contributed by atoms with van der Waals surface area (Å²) in [4.78, 5) is 15.7. The van der Waals surface area contributed by atoms with Crippen molar-refractivity contribution >= 4 is 11.9 Å². The smallest absolute Gasteiger partial charge is 0.322 e. The molecular formula is C11H7N5O3. The van der Waals surface area contributed by atoms with Crippen LogP contribution in [0.25, 0.3) is 11.6 Å². The van der Waals surface area contributed by atoms with Crippen LogP contribution in [0.3, 0.4) is 0 Å². The highest BCUT2D eigenvalue weighted by atomic mass is 16.5. The summed E-state index contributed by atoms with van der Waals surface area (Å²) in [5.41, 5.74) is 0.523. The molecule has 8 nitrogen and oxygen atoms in total. The van der Waals surface area contributed by atoms with E-state index in [4.69, 9.17) is 8.94 Å². The fourth-order valence-electron chi connectivity index (χ4n) is 1.36. The van der Waals surface area contributed by atoms with Crippen molar-refractivity contribution in [1.82, 2.24) is 20.3 Å². The van der Waals surface area contributed by atoms with E-state index in [1.807, 2.05) is 0 Å². The molecule has 3 heterocycles. The van der Waals surface area contributed by atoms with E-state index >= 15 is 0 Å². The third-order valence-electron chi connectivity index (χ3n) is 2.19. The third-order valence-corrected chi connectivity index (χ3v) is 2.19. The maximum Gasteiger partial charge on any atom is 0.322 e. The minimum absolute atomic E-state index is 0.0398. The zero-order valence-corrected chi connectivity index (χ0v) is 9.48. The number of rotatable bonds is 3. The Morgan fingerprint density at radius 2 is 2.11 bits per heavy atom. The number of hydrogen-bond donors (Lipinski definition) is 1. The molecule has 0 saturated carbocycles. The number of pyridine rings is 1. The van der Waals surface area contributed by atoms with Gasteiger partial charge in [-0.05, 0) is 12.1 Å². The van der Waals surface area contributed by atoms with Gasteiger partial charge in [-0.25, -0.2) is 0 Å². The van der Waals surface area contributed by atoms with Crippen LogP contribution in [-0.2, 0) is 0 Å². The molecular weight excluding hydrogens is 250 g/mol. The van der Waals surface area contributed by atoms with Crippen molar-refractivity contribution in [2.24, 2.45) is 0 Å². The van der Waals surface area contributed by atoms with Gasteiger partial charge in [0.05, 0.1) is 6.20 Å². The molecule has 0 spiro atoms. The normalized spacial score (nSPS) is 10.3. The zero-order chi connectivity index (χ0) is 13.1. The highest BCUT2D eigenvalue weighted by Crippen LogP contribution is 2.17. The number of nitrogens with zero attached hydrogens (tertiary/aromatic N) is 4. The summed E-state index contributed by atoms with van der Waals surface area (Å²) in [7, 11) is 0. The van der Waals surface area contributed by atoms with E-state index in [0.717, 1.165) is 0 Å². The minimum atomic E-state index is -0.520. The zero-order valence-electron chi connectivity index (χ0n) is 9.48. The van der Waals surface area contributed by atoms with Gasteiger partial charge in [0, 0.05) is 12.3 Å². The molecule has 3 rings (SSSR count). The number of hydrogen-bond acceptors (Lipinski definition) is 7. The SMILES string of the molecule is O=C(Nc1nnc(-c2ccccn2)o1)c1ccno1. The lowest BCUT2D eigenvalue weighted by Crippen LogP contribution is -2.11. The van der Waals surface area contributed by atoms with Gasteiger partial charge in [-0.3, -0.25) is 15.1 Å². The van der Waals surface area contributed by atoms with Gasteiger partial charge >= 0.3 is 6.01 Å². The largest absolute Gasteiger partial charge is 0.401 e. The minimum Gasteiger partial charge on any atom is -0.401 e. The van der Waals surface area contributed by atoms with Crippen LogP contribution in [-0.4, -0.2) is 26.2 Å². The quantitative estimate of drug-likeness (QED) is 0.754. The van der Waals surface area contributed by atoms with Gasteiger partial charge in [-0.1, -0.05) is 16.3 Å². The average molecular weight is 257 g/mol. The van der Waals surface area contributed by atoms with Gasteiger partial charge in [-0.15, -0.1) is 5.10 Å². The summed E-state index contributed by atoms with van der Waals surface area (Å²) >= 11 is 0. The summed E-state index contributed by atoms with van der Waals surface area (Å²) in [6.07, 6.45) is 2.97. The van der Waals surface area contributed by atoms with Crippen LogP contribution in [0.5, 0.6) is 0 Å². The van der Waals surface area contributed by atoms with Crippen molar-refractivity contribution in [3.05, 3.63) is 42.4 Å². The van der Waals surface area contributed by atoms with Crippen LogP contribution >= 0.6 is 0 Å². The van der Waals surface area contributed by atoms with Gasteiger partial charge < -0.3 is 8.94 Å². The third kappa shape index (κ3) is 2.32. The molecule has 0 saturated heterocycles. The Morgan fingerprint density at radius 1 is 1.16 bits per heavy atom. The highest BCUT2D eigenvalue weighted by molar-refractivity contribution is 6.00. The van der Waals surface area contributed by atoms with E-state index in [0.29, 0.717) is 5.69 Å². The second-order valence-electron chi connectivity index (χ2n) is 3.46. The molecule has 3 aromatic heterocycles. The summed E-state index contributed by atoms with van der Waals surface area (Å²) in [6, 6.07) is 6.66. The molecule has 0 unspecified atom stereocenters. The van der Waals surface area contributed by atoms with E-state index in [9.17, 15) is 4.79 Å². The first-order valence-electron chi connectivity index (χ1n) is 5.30. The fourth-order valence-corrected chi connectivity index (χ4v) is 1.36. The molecule has 19 heavy (non-hydrogen) atoms. The Balaban J connectivity index is 1.77. The van der Waals surface area contributed by atoms with Crippen molar-refractivity contribution in [3.8, 4) is 11.6 Å². The Kier molecular flexibility index (Phi) is 2.73. The number of carbonyl (C=O) groups excluding carboxylic acids is 1. The van der Waals surface area contributed by atoms with Crippen LogP contribution in [0, 0.1) is 0 Å². The van der Waals surface area contributed by atoms with E-state index in [1.165, 1.54) is 12.3 Å². The van der Waals surface area contributed by atoms with Crippen molar-refractivity contribution in [3.63, 3.8) is 0 Å². The fraction of sp³-hybridized carbons (Fsp3) is 0. The molecule has 1 amide bonds. The lowest BCUT2D eigenvalue weighted by atomic mass is 10.3. The van der Waals surface area contributed by atoms with Crippen molar-refractivity contribution in [2.75, 3.05) is 5.32 Å². The average Bonchev–Trinajstić information content (AvgIpc) is 3.11. The van der Waals surface area contributed by atoms with Crippen LogP contribution in [0.15, 0.2) is 45.6 Å². The van der Waals surface area contributed by atoms with Gasteiger partial charge in [0.1, 0.15) is 5.69 Å². The maximum atomic E-state index is 11.6. The molecule has 3 aromatic rings. The maximum absolute atomic E-state index is 11.6. The summed E-state index contributed by atoms with van der Waals surface area (Å²) in [5.74, 6) is -0.250. The number of carbonyl (C=O) groups is 1. The Hall–Kier alpha value is -3.03. The first-order chi connectivity index (χ1) is 9.33. The molecule has 0 atom stereocenters. The van der Waals surface area contributed by atoms with Crippen LogP contribution in [0.1, 0.15) is 10.6 Å². The van der Waals surface area contributed by atoms with Gasteiger partial charge in [0.2, 0.25) is 5.76 Å². The van der Waals surface area contributed by atoms with Crippen molar-refractivity contribution in [1.29, 1.82) is 0 Å². The molecule has 1 N–H and O–H groups in total. The number of anilines is 1. The standard InChI is InChI=1S/C11H7N5O3/c17-9(8-4-6-13-19-8)14-11-16-15-10(18-11)7-3-1-2-5-12-7/h1-6H,(H,14,16,17). The summed E-state index contributed by atoms with van der Waals surface area (Å²) in [5, 5.41) is 13.3. The molecule has 94 valence electrons. The molecule has 0 aliphatic heterocycles. The highest BCUT2D eigenvalue weighted by Gasteiger charge is 2.15. The van der Waals surface area contributed by atoms with Gasteiger partial charge in [-0.2, -0.15) is 0 Å². The first kappa shape index (κ1) is 11.1. The van der Waals surface area contributed by atoms with E-state index in [-0.39, 0.29) is 17.7 Å². The summed E-state index contributed by atoms with van der Waals surface area (Å²) < 4.78 is 9.95. The molecule has 0 bridgehead atoms. The second-order valence-corrected chi connectivity index (χ2v) is 3.46. The number of aromatic nitrogens is 4. The molecule has 0 aliphatic carbocycles. The topological polar surface area (TPSA) is 107 Å². The number of nitrogens with one attached hydrogen (secondary N) is 1. The molecule has 0 aliphatic rings. The first-order valence-corrected chi connectivity index (χ1v) is 5.30. The Labute approximate surface area is 106 Å². The molecule has 0 radical (unpaired) electrons. The Bertz CT molecular complexity index is 677. The summed E-state index contributed by atoms with van der Waals surface area (Å²) in [6.45, 7) is 0. The molecule has 8 heteroatoms. The Morgan fingerprint density at radius 3 is 2.84 bits per heavy atom. The van der Waals surface area contributed by atoms with Crippen LogP contribution < -0.4 is 5.32 Å². The van der Waals surface area contributed by atoms with Gasteiger partial charge in [0.25, 0.3) is 11.8 Å². The van der Waals surface area contributed by atoms with Gasteiger partial charge in [0.15, 0.2) is 0 Å². The monoisotopic (exact) mass is 257 g/mol. The van der Waals surface area contributed by atoms with Crippen molar-refractivity contribution in [2.45, 2.75) is 0 Å². The molecule has 0 aromatic carbocycles. The number of amides is 1. The van der Waals surface area contributed by atoms with Crippen LogP contribution in [0.4, 0.5) is 6.01 Å². The van der Waals surface area contributed by atoms with Crippen LogP contribution in [0.2, 0.25) is 0 Å². The molecule has 0 fully saturated rings. The van der Waals surface area contributed by atoms with E-state index in [2.05, 4.69) is 25.7 Å². The lowest BCUT2D eigenvalue weighted by Gasteiger charge is -1.94. The lowest BCUT2D eigenvalue weighted by molar-refractivity contribution is 0.0985. The predicted molar refractivity (Wildman–Crippen MR) is 62.0 cm³/mol. The van der Waals surface area contributed by atoms with E-state index in [1.54, 1.807) is 24.4 Å². The van der Waals surface area contributed by atoms with E-state index < -0.39 is 5.91 Å².